The van der Waals surface area contributed by atoms with Gasteiger partial charge in [0.05, 0.1) is 0 Å². The number of nitrogens with two attached hydrogens (primary N) is 1. The third kappa shape index (κ3) is 6.57. The maximum absolute atomic E-state index is 12.4. The minimum atomic E-state index is -0.0102. The molecule has 1 aliphatic heterocycles. The van der Waals surface area contributed by atoms with E-state index in [-0.39, 0.29) is 43.4 Å². The first kappa shape index (κ1) is 23.0. The summed E-state index contributed by atoms with van der Waals surface area (Å²) in [5, 5.41) is 0. The number of benzene rings is 1. The van der Waals surface area contributed by atoms with Crippen molar-refractivity contribution in [3.8, 4) is 17.4 Å². The molecule has 2 aromatic rings. The Morgan fingerprint density at radius 2 is 1.85 bits per heavy atom. The number of nitrogens with zero attached hydrogens (tertiary/aromatic N) is 2. The first-order valence-corrected chi connectivity index (χ1v) is 8.57. The highest BCUT2D eigenvalue weighted by molar-refractivity contribution is 5.85. The summed E-state index contributed by atoms with van der Waals surface area (Å²) in [5.74, 6) is 1.81. The number of likely N-dealkylation sites (tertiary alicyclic amines) is 1. The predicted octanol–water partition coefficient (Wildman–Crippen LogP) is 3.44. The monoisotopic (exact) mass is 413 g/mol. The van der Waals surface area contributed by atoms with Gasteiger partial charge in [0, 0.05) is 31.4 Å². The second-order valence-corrected chi connectivity index (χ2v) is 6.00. The van der Waals surface area contributed by atoms with Crippen LogP contribution in [-0.4, -0.2) is 41.5 Å². The van der Waals surface area contributed by atoms with E-state index in [1.54, 1.807) is 36.5 Å². The molecule has 8 heteroatoms. The van der Waals surface area contributed by atoms with Crippen molar-refractivity contribution in [3.05, 3.63) is 48.7 Å². The number of aromatic nitrogens is 1. The van der Waals surface area contributed by atoms with Gasteiger partial charge < -0.3 is 20.1 Å². The SMILES string of the molecule is Cl.Cl.NCC1CCCCN1C(=O)COc1ccc(Oc2ccccn2)cc1. The molecule has 1 aliphatic rings. The Bertz CT molecular complexity index is 686. The summed E-state index contributed by atoms with van der Waals surface area (Å²) in [7, 11) is 0. The first-order valence-electron chi connectivity index (χ1n) is 8.57. The molecule has 3 rings (SSSR count). The molecule has 1 amide bonds. The molecule has 2 N–H and O–H groups in total. The molecule has 1 saturated heterocycles. The molecule has 1 atom stereocenters. The van der Waals surface area contributed by atoms with Crippen LogP contribution in [-0.2, 0) is 4.79 Å². The van der Waals surface area contributed by atoms with Gasteiger partial charge in [0.25, 0.3) is 5.91 Å². The minimum absolute atomic E-state index is 0. The van der Waals surface area contributed by atoms with Gasteiger partial charge in [-0.1, -0.05) is 6.07 Å². The number of ether oxygens (including phenoxy) is 2. The molecule has 1 aromatic heterocycles. The van der Waals surface area contributed by atoms with Gasteiger partial charge in [-0.15, -0.1) is 24.8 Å². The second kappa shape index (κ2) is 11.6. The van der Waals surface area contributed by atoms with Crippen molar-refractivity contribution in [2.45, 2.75) is 25.3 Å². The van der Waals surface area contributed by atoms with E-state index in [0.29, 0.717) is 23.9 Å². The summed E-state index contributed by atoms with van der Waals surface area (Å²) in [6, 6.07) is 12.8. The molecule has 1 fully saturated rings. The fraction of sp³-hybridized carbons (Fsp3) is 0.368. The van der Waals surface area contributed by atoms with Crippen LogP contribution >= 0.6 is 24.8 Å². The van der Waals surface area contributed by atoms with Crippen LogP contribution in [0.5, 0.6) is 17.4 Å². The van der Waals surface area contributed by atoms with Crippen molar-refractivity contribution < 1.29 is 14.3 Å². The van der Waals surface area contributed by atoms with E-state index in [0.717, 1.165) is 25.8 Å². The number of hydrogen-bond donors (Lipinski definition) is 1. The third-order valence-electron chi connectivity index (χ3n) is 4.27. The highest BCUT2D eigenvalue weighted by Gasteiger charge is 2.25. The Labute approximate surface area is 171 Å². The molecule has 0 spiro atoms. The Kier molecular flexibility index (Phi) is 9.93. The molecule has 0 bridgehead atoms. The van der Waals surface area contributed by atoms with Crippen LogP contribution in [0.1, 0.15) is 19.3 Å². The normalized spacial score (nSPS) is 15.9. The summed E-state index contributed by atoms with van der Waals surface area (Å²) in [6.45, 7) is 1.29. The maximum atomic E-state index is 12.4. The van der Waals surface area contributed by atoms with E-state index in [1.807, 2.05) is 17.0 Å². The highest BCUT2D eigenvalue weighted by Crippen LogP contribution is 2.22. The van der Waals surface area contributed by atoms with E-state index >= 15 is 0 Å². The van der Waals surface area contributed by atoms with Crippen LogP contribution in [0.2, 0.25) is 0 Å². The zero-order chi connectivity index (χ0) is 17.5. The molecule has 27 heavy (non-hydrogen) atoms. The van der Waals surface area contributed by atoms with Crippen molar-refractivity contribution in [3.63, 3.8) is 0 Å². The Morgan fingerprint density at radius 1 is 1.11 bits per heavy atom. The van der Waals surface area contributed by atoms with Gasteiger partial charge in [-0.25, -0.2) is 4.98 Å². The molecule has 0 radical (unpaired) electrons. The molecule has 148 valence electrons. The van der Waals surface area contributed by atoms with E-state index in [9.17, 15) is 4.79 Å². The first-order chi connectivity index (χ1) is 12.3. The fourth-order valence-corrected chi connectivity index (χ4v) is 2.93. The quantitative estimate of drug-likeness (QED) is 0.784. The number of pyridine rings is 1. The Morgan fingerprint density at radius 3 is 2.52 bits per heavy atom. The van der Waals surface area contributed by atoms with Gasteiger partial charge in [-0.2, -0.15) is 0 Å². The van der Waals surface area contributed by atoms with Crippen molar-refractivity contribution in [1.29, 1.82) is 0 Å². The van der Waals surface area contributed by atoms with Crippen molar-refractivity contribution in [1.82, 2.24) is 9.88 Å². The molecular weight excluding hydrogens is 389 g/mol. The zero-order valence-corrected chi connectivity index (χ0v) is 16.6. The number of halogens is 2. The third-order valence-corrected chi connectivity index (χ3v) is 4.27. The van der Waals surface area contributed by atoms with E-state index in [4.69, 9.17) is 15.2 Å². The van der Waals surface area contributed by atoms with Gasteiger partial charge in [-0.3, -0.25) is 4.79 Å². The molecule has 1 aromatic carbocycles. The summed E-state index contributed by atoms with van der Waals surface area (Å²) >= 11 is 0. The molecule has 0 saturated carbocycles. The lowest BCUT2D eigenvalue weighted by Crippen LogP contribution is -2.49. The van der Waals surface area contributed by atoms with Crippen molar-refractivity contribution in [2.75, 3.05) is 19.7 Å². The average molecular weight is 414 g/mol. The average Bonchev–Trinajstić information content (AvgIpc) is 2.68. The summed E-state index contributed by atoms with van der Waals surface area (Å²) in [5.41, 5.74) is 5.76. The summed E-state index contributed by atoms with van der Waals surface area (Å²) < 4.78 is 11.2. The highest BCUT2D eigenvalue weighted by atomic mass is 35.5. The number of rotatable bonds is 6. The lowest BCUT2D eigenvalue weighted by molar-refractivity contribution is -0.136. The topological polar surface area (TPSA) is 77.7 Å². The van der Waals surface area contributed by atoms with Crippen LogP contribution < -0.4 is 15.2 Å². The van der Waals surface area contributed by atoms with Crippen LogP contribution in [0.25, 0.3) is 0 Å². The Balaban J connectivity index is 0.00000182. The summed E-state index contributed by atoms with van der Waals surface area (Å²) in [4.78, 5) is 18.3. The van der Waals surface area contributed by atoms with Gasteiger partial charge >= 0.3 is 0 Å². The molecule has 2 heterocycles. The van der Waals surface area contributed by atoms with Crippen LogP contribution in [0.3, 0.4) is 0 Å². The number of piperidine rings is 1. The zero-order valence-electron chi connectivity index (χ0n) is 15.0. The van der Waals surface area contributed by atoms with Crippen LogP contribution in [0, 0.1) is 0 Å². The van der Waals surface area contributed by atoms with E-state index < -0.39 is 0 Å². The van der Waals surface area contributed by atoms with Gasteiger partial charge in [0.2, 0.25) is 5.88 Å². The summed E-state index contributed by atoms with van der Waals surface area (Å²) in [6.07, 6.45) is 4.81. The number of carbonyl (C=O) groups excluding carboxylic acids is 1. The van der Waals surface area contributed by atoms with E-state index in [2.05, 4.69) is 4.98 Å². The number of amides is 1. The molecular formula is C19H25Cl2N3O3. The van der Waals surface area contributed by atoms with Gasteiger partial charge in [0.1, 0.15) is 11.5 Å². The van der Waals surface area contributed by atoms with Crippen LogP contribution in [0.4, 0.5) is 0 Å². The molecule has 6 nitrogen and oxygen atoms in total. The largest absolute Gasteiger partial charge is 0.484 e. The number of carbonyl (C=O) groups is 1. The lowest BCUT2D eigenvalue weighted by atomic mass is 10.0. The predicted molar refractivity (Wildman–Crippen MR) is 109 cm³/mol. The maximum Gasteiger partial charge on any atom is 0.260 e. The Hall–Kier alpha value is -2.02. The smallest absolute Gasteiger partial charge is 0.260 e. The lowest BCUT2D eigenvalue weighted by Gasteiger charge is -2.34. The van der Waals surface area contributed by atoms with Gasteiger partial charge in [-0.05, 0) is 49.6 Å². The van der Waals surface area contributed by atoms with Gasteiger partial charge in [0.15, 0.2) is 6.61 Å². The number of hydrogen-bond acceptors (Lipinski definition) is 5. The van der Waals surface area contributed by atoms with Crippen molar-refractivity contribution in [2.24, 2.45) is 5.73 Å². The molecule has 1 unspecified atom stereocenters. The minimum Gasteiger partial charge on any atom is -0.484 e. The fourth-order valence-electron chi connectivity index (χ4n) is 2.93. The van der Waals surface area contributed by atoms with E-state index in [1.165, 1.54) is 0 Å². The standard InChI is InChI=1S/C19H23N3O3.2ClH/c20-13-15-5-2-4-12-22(15)19(23)14-24-16-7-9-17(10-8-16)25-18-6-1-3-11-21-18;;/h1,3,6-11,15H,2,4-5,12-14,20H2;2*1H. The second-order valence-electron chi connectivity index (χ2n) is 6.00. The molecule has 0 aliphatic carbocycles. The van der Waals surface area contributed by atoms with Crippen molar-refractivity contribution >= 4 is 30.7 Å². The van der Waals surface area contributed by atoms with Crippen LogP contribution in [0.15, 0.2) is 48.7 Å².